The molecule has 0 radical (unpaired) electrons. The molecule has 3 unspecified atom stereocenters. The Morgan fingerprint density at radius 2 is 1.85 bits per heavy atom. The van der Waals surface area contributed by atoms with Crippen molar-refractivity contribution in [1.82, 2.24) is 34.7 Å². The summed E-state index contributed by atoms with van der Waals surface area (Å²) in [7, 11) is 0. The Bertz CT molecular complexity index is 1400. The van der Waals surface area contributed by atoms with Crippen LogP contribution in [0, 0.1) is 11.8 Å². The average molecular weight is 528 g/mol. The van der Waals surface area contributed by atoms with Gasteiger partial charge in [0, 0.05) is 29.7 Å². The molecule has 1 N–H and O–H groups in total. The number of tetrazole rings is 1. The van der Waals surface area contributed by atoms with Crippen molar-refractivity contribution in [3.63, 3.8) is 0 Å². The molecule has 39 heavy (non-hydrogen) atoms. The van der Waals surface area contributed by atoms with Gasteiger partial charge in [0.25, 0.3) is 0 Å². The first-order valence-electron chi connectivity index (χ1n) is 14.7. The fourth-order valence-corrected chi connectivity index (χ4v) is 6.32. The number of benzene rings is 1. The molecule has 5 rings (SSSR count). The van der Waals surface area contributed by atoms with Gasteiger partial charge in [-0.15, -0.1) is 10.2 Å². The van der Waals surface area contributed by atoms with E-state index in [0.717, 1.165) is 53.8 Å². The van der Waals surface area contributed by atoms with Crippen LogP contribution in [0.4, 0.5) is 0 Å². The summed E-state index contributed by atoms with van der Waals surface area (Å²) in [5.74, 6) is 1.60. The number of hydrogen-bond acceptors (Lipinski definition) is 5. The van der Waals surface area contributed by atoms with Crippen LogP contribution in [0.1, 0.15) is 89.6 Å². The molecular formula is C31H41N7O. The molecule has 0 bridgehead atoms. The van der Waals surface area contributed by atoms with Crippen molar-refractivity contribution in [2.45, 2.75) is 91.1 Å². The molecule has 3 heterocycles. The molecule has 8 heteroatoms. The molecule has 0 aliphatic heterocycles. The molecule has 4 aromatic rings. The number of nitrogens with zero attached hydrogens (tertiary/aromatic N) is 6. The van der Waals surface area contributed by atoms with Gasteiger partial charge in [0.15, 0.2) is 0 Å². The highest BCUT2D eigenvalue weighted by atomic mass is 16.1. The fourth-order valence-electron chi connectivity index (χ4n) is 6.32. The molecule has 3 atom stereocenters. The Labute approximate surface area is 230 Å². The molecule has 1 aromatic carbocycles. The number of H-pyrrole nitrogens is 1. The first-order chi connectivity index (χ1) is 19.1. The summed E-state index contributed by atoms with van der Waals surface area (Å²) in [6.07, 6.45) is 14.4. The maximum Gasteiger partial charge on any atom is 0.328 e. The quantitative estimate of drug-likeness (QED) is 0.270. The molecule has 206 valence electrons. The molecule has 1 aliphatic carbocycles. The second-order valence-electron chi connectivity index (χ2n) is 11.1. The number of unbranched alkanes of at least 4 members (excludes halogenated alkanes) is 1. The Kier molecular flexibility index (Phi) is 8.69. The third-order valence-corrected chi connectivity index (χ3v) is 8.46. The Balaban J connectivity index is 1.48. The third-order valence-electron chi connectivity index (χ3n) is 8.46. The summed E-state index contributed by atoms with van der Waals surface area (Å²) in [5.41, 5.74) is 5.11. The van der Waals surface area contributed by atoms with Gasteiger partial charge in [-0.3, -0.25) is 14.1 Å². The number of nitrogens with one attached hydrogen (secondary N) is 1. The van der Waals surface area contributed by atoms with Crippen molar-refractivity contribution in [3.05, 3.63) is 70.7 Å². The van der Waals surface area contributed by atoms with Crippen molar-refractivity contribution in [2.24, 2.45) is 11.8 Å². The number of aryl methyl sites for hydroxylation is 1. The molecular weight excluding hydrogens is 486 g/mol. The van der Waals surface area contributed by atoms with Crippen LogP contribution < -0.4 is 5.69 Å². The summed E-state index contributed by atoms with van der Waals surface area (Å²) >= 11 is 0. The first-order valence-corrected chi connectivity index (χ1v) is 14.7. The van der Waals surface area contributed by atoms with E-state index in [-0.39, 0.29) is 11.7 Å². The van der Waals surface area contributed by atoms with Crippen LogP contribution in [0.5, 0.6) is 0 Å². The van der Waals surface area contributed by atoms with E-state index in [2.05, 4.69) is 75.3 Å². The van der Waals surface area contributed by atoms with Gasteiger partial charge in [-0.2, -0.15) is 5.21 Å². The minimum Gasteiger partial charge on any atom is -0.295 e. The van der Waals surface area contributed by atoms with Gasteiger partial charge in [0.1, 0.15) is 0 Å². The van der Waals surface area contributed by atoms with Gasteiger partial charge < -0.3 is 0 Å². The van der Waals surface area contributed by atoms with E-state index < -0.39 is 0 Å². The van der Waals surface area contributed by atoms with Crippen LogP contribution in [0.15, 0.2) is 53.6 Å². The zero-order valence-electron chi connectivity index (χ0n) is 23.5. The molecule has 3 aromatic heterocycles. The lowest BCUT2D eigenvalue weighted by Gasteiger charge is -2.34. The van der Waals surface area contributed by atoms with E-state index in [1.54, 1.807) is 0 Å². The highest BCUT2D eigenvalue weighted by Gasteiger charge is 2.31. The maximum atomic E-state index is 14.1. The number of hydrogen-bond donors (Lipinski definition) is 1. The van der Waals surface area contributed by atoms with E-state index in [4.69, 9.17) is 0 Å². The van der Waals surface area contributed by atoms with Crippen LogP contribution in [-0.2, 0) is 13.0 Å². The largest absolute Gasteiger partial charge is 0.328 e. The minimum absolute atomic E-state index is 0.114. The summed E-state index contributed by atoms with van der Waals surface area (Å²) in [6.45, 7) is 7.31. The standard InChI is InChI=1S/C31H41N7O/c1-4-6-15-28-21-38(29-22(3)11-8-7-9-12-23(29)5-2)31(39)37(28)20-27-19-25(16-17-32-27)24-13-10-14-26(18-24)30-33-35-36-34-30/h10,13-14,16-19,21-23,29H,4-9,11-12,15,20H2,1-3H3,(H,33,34,35,36). The van der Waals surface area contributed by atoms with Gasteiger partial charge in [0.05, 0.1) is 12.2 Å². The average Bonchev–Trinajstić information content (AvgIpc) is 3.59. The summed E-state index contributed by atoms with van der Waals surface area (Å²) in [6, 6.07) is 12.5. The molecule has 0 amide bonds. The van der Waals surface area contributed by atoms with Gasteiger partial charge in [-0.1, -0.05) is 71.1 Å². The number of imidazole rings is 1. The monoisotopic (exact) mass is 527 g/mol. The summed E-state index contributed by atoms with van der Waals surface area (Å²) < 4.78 is 4.09. The first kappa shape index (κ1) is 27.0. The predicted octanol–water partition coefficient (Wildman–Crippen LogP) is 6.45. The lowest BCUT2D eigenvalue weighted by Crippen LogP contribution is -2.35. The Hall–Kier alpha value is -3.55. The maximum absolute atomic E-state index is 14.1. The number of rotatable bonds is 9. The van der Waals surface area contributed by atoms with Crippen molar-refractivity contribution < 1.29 is 0 Å². The molecule has 0 spiro atoms. The summed E-state index contributed by atoms with van der Waals surface area (Å²) in [5, 5.41) is 14.4. The van der Waals surface area contributed by atoms with Crippen LogP contribution in [0.3, 0.4) is 0 Å². The topological polar surface area (TPSA) is 94.3 Å². The Morgan fingerprint density at radius 3 is 2.64 bits per heavy atom. The highest BCUT2D eigenvalue weighted by molar-refractivity contribution is 5.70. The molecule has 1 aliphatic rings. The molecule has 8 nitrogen and oxygen atoms in total. The second-order valence-corrected chi connectivity index (χ2v) is 11.1. The highest BCUT2D eigenvalue weighted by Crippen LogP contribution is 2.37. The summed E-state index contributed by atoms with van der Waals surface area (Å²) in [4.78, 5) is 18.7. The van der Waals surface area contributed by atoms with Crippen molar-refractivity contribution in [2.75, 3.05) is 0 Å². The molecule has 0 saturated heterocycles. The molecule has 1 saturated carbocycles. The Morgan fingerprint density at radius 1 is 1.03 bits per heavy atom. The minimum atomic E-state index is 0.114. The lowest BCUT2D eigenvalue weighted by atomic mass is 9.79. The van der Waals surface area contributed by atoms with Gasteiger partial charge in [0.2, 0.25) is 5.82 Å². The van der Waals surface area contributed by atoms with E-state index in [9.17, 15) is 4.79 Å². The van der Waals surface area contributed by atoms with Crippen LogP contribution >= 0.6 is 0 Å². The van der Waals surface area contributed by atoms with Crippen molar-refractivity contribution in [1.29, 1.82) is 0 Å². The third kappa shape index (κ3) is 6.05. The number of aromatic amines is 1. The van der Waals surface area contributed by atoms with Gasteiger partial charge in [-0.05, 0) is 72.1 Å². The SMILES string of the molecule is CCCCc1cn(C2C(C)CCCCCC2CC)c(=O)n1Cc1cc(-c2cccc(-c3nn[nH]n3)c2)ccn1. The number of pyridine rings is 1. The van der Waals surface area contributed by atoms with Gasteiger partial charge >= 0.3 is 5.69 Å². The normalized spacial score (nSPS) is 20.0. The second kappa shape index (κ2) is 12.5. The van der Waals surface area contributed by atoms with E-state index in [0.29, 0.717) is 24.2 Å². The predicted molar refractivity (Wildman–Crippen MR) is 154 cm³/mol. The van der Waals surface area contributed by atoms with Gasteiger partial charge in [-0.25, -0.2) is 4.79 Å². The smallest absolute Gasteiger partial charge is 0.295 e. The fraction of sp³-hybridized carbons (Fsp3) is 0.516. The zero-order chi connectivity index (χ0) is 27.2. The van der Waals surface area contributed by atoms with Crippen LogP contribution in [-0.4, -0.2) is 34.7 Å². The number of aromatic nitrogens is 7. The van der Waals surface area contributed by atoms with E-state index >= 15 is 0 Å². The lowest BCUT2D eigenvalue weighted by molar-refractivity contribution is 0.187. The van der Waals surface area contributed by atoms with E-state index in [1.165, 1.54) is 32.1 Å². The van der Waals surface area contributed by atoms with Crippen LogP contribution in [0.25, 0.3) is 22.5 Å². The molecule has 1 fully saturated rings. The van der Waals surface area contributed by atoms with Crippen LogP contribution in [0.2, 0.25) is 0 Å². The van der Waals surface area contributed by atoms with E-state index in [1.807, 2.05) is 29.0 Å². The van der Waals surface area contributed by atoms with Crippen molar-refractivity contribution >= 4 is 0 Å². The van der Waals surface area contributed by atoms with Crippen molar-refractivity contribution in [3.8, 4) is 22.5 Å². The zero-order valence-corrected chi connectivity index (χ0v) is 23.5.